The first-order valence-corrected chi connectivity index (χ1v) is 8.53. The summed E-state index contributed by atoms with van der Waals surface area (Å²) in [4.78, 5) is 15.0. The van der Waals surface area contributed by atoms with E-state index in [2.05, 4.69) is 9.71 Å². The van der Waals surface area contributed by atoms with Crippen molar-refractivity contribution in [2.75, 3.05) is 0 Å². The van der Waals surface area contributed by atoms with E-state index >= 15 is 0 Å². The van der Waals surface area contributed by atoms with Crippen LogP contribution < -0.4 is 10.5 Å². The predicted molar refractivity (Wildman–Crippen MR) is 82.1 cm³/mol. The lowest BCUT2D eigenvalue weighted by atomic mass is 10.0. The van der Waals surface area contributed by atoms with Gasteiger partial charge in [0.05, 0.1) is 11.4 Å². The SMILES string of the molecule is CCC(CC)NS(=O)(=O)N1C2=CCC(C(=O)O)=CC2=NC1N. The Morgan fingerprint density at radius 2 is 2.18 bits per heavy atom. The van der Waals surface area contributed by atoms with Gasteiger partial charge in [-0.3, -0.25) is 5.73 Å². The van der Waals surface area contributed by atoms with Crippen LogP contribution in [0.25, 0.3) is 0 Å². The fraction of sp³-hybridized carbons (Fsp3) is 0.538. The maximum absolute atomic E-state index is 12.5. The summed E-state index contributed by atoms with van der Waals surface area (Å²) in [5.74, 6) is -1.05. The van der Waals surface area contributed by atoms with Crippen LogP contribution in [0.1, 0.15) is 33.1 Å². The van der Waals surface area contributed by atoms with Crippen LogP contribution in [0.2, 0.25) is 0 Å². The fourth-order valence-corrected chi connectivity index (χ4v) is 4.02. The van der Waals surface area contributed by atoms with Crippen molar-refractivity contribution in [2.24, 2.45) is 10.7 Å². The molecule has 4 N–H and O–H groups in total. The fourth-order valence-electron chi connectivity index (χ4n) is 2.40. The van der Waals surface area contributed by atoms with Crippen molar-refractivity contribution in [1.82, 2.24) is 9.03 Å². The first kappa shape index (κ1) is 16.7. The highest BCUT2D eigenvalue weighted by atomic mass is 32.2. The van der Waals surface area contributed by atoms with E-state index in [1.807, 2.05) is 13.8 Å². The van der Waals surface area contributed by atoms with Crippen molar-refractivity contribution in [3.63, 3.8) is 0 Å². The van der Waals surface area contributed by atoms with Crippen LogP contribution in [0.5, 0.6) is 0 Å². The standard InChI is InChI=1S/C13H20N4O4S/c1-3-9(4-2)16-22(20,21)17-11-6-5-8(12(18)19)7-10(11)15-13(17)14/h6-7,9,13,16H,3-5,14H2,1-2H3,(H,18,19). The van der Waals surface area contributed by atoms with Crippen molar-refractivity contribution < 1.29 is 18.3 Å². The molecule has 8 nitrogen and oxygen atoms in total. The lowest BCUT2D eigenvalue weighted by molar-refractivity contribution is -0.132. The summed E-state index contributed by atoms with van der Waals surface area (Å²) in [6.45, 7) is 3.79. The van der Waals surface area contributed by atoms with Crippen LogP contribution in [0.3, 0.4) is 0 Å². The Kier molecular flexibility index (Phi) is 4.69. The molecule has 1 unspecified atom stereocenters. The van der Waals surface area contributed by atoms with Crippen LogP contribution in [-0.4, -0.2) is 41.8 Å². The molecule has 0 spiro atoms. The Balaban J connectivity index is 2.28. The van der Waals surface area contributed by atoms with Crippen molar-refractivity contribution in [1.29, 1.82) is 0 Å². The summed E-state index contributed by atoms with van der Waals surface area (Å²) in [5, 5.41) is 9.00. The molecule has 0 aromatic carbocycles. The smallest absolute Gasteiger partial charge is 0.331 e. The Hall–Kier alpha value is -1.71. The molecule has 2 rings (SSSR count). The molecule has 1 heterocycles. The number of hydrogen-bond donors (Lipinski definition) is 3. The van der Waals surface area contributed by atoms with E-state index < -0.39 is 22.5 Å². The topological polar surface area (TPSA) is 125 Å². The van der Waals surface area contributed by atoms with Gasteiger partial charge in [-0.1, -0.05) is 19.9 Å². The molecular formula is C13H20N4O4S. The van der Waals surface area contributed by atoms with E-state index in [0.29, 0.717) is 18.5 Å². The summed E-state index contributed by atoms with van der Waals surface area (Å²) >= 11 is 0. The number of aliphatic carboxylic acids is 1. The zero-order chi connectivity index (χ0) is 16.5. The van der Waals surface area contributed by atoms with Crippen LogP contribution in [-0.2, 0) is 15.0 Å². The first-order chi connectivity index (χ1) is 10.3. The molecule has 0 saturated carbocycles. The highest BCUT2D eigenvalue weighted by Gasteiger charge is 2.38. The molecule has 1 aliphatic carbocycles. The molecule has 0 bridgehead atoms. The molecule has 9 heteroatoms. The summed E-state index contributed by atoms with van der Waals surface area (Å²) < 4.78 is 28.7. The van der Waals surface area contributed by atoms with Crippen LogP contribution in [0.4, 0.5) is 0 Å². The number of carbonyl (C=O) groups is 1. The van der Waals surface area contributed by atoms with Gasteiger partial charge in [0.2, 0.25) is 0 Å². The lowest BCUT2D eigenvalue weighted by Gasteiger charge is -2.27. The second-order valence-corrected chi connectivity index (χ2v) is 6.71. The van der Waals surface area contributed by atoms with Gasteiger partial charge in [-0.2, -0.15) is 13.1 Å². The highest BCUT2D eigenvalue weighted by Crippen LogP contribution is 2.28. The second-order valence-electron chi connectivity index (χ2n) is 5.13. The molecule has 1 aliphatic heterocycles. The van der Waals surface area contributed by atoms with Crippen molar-refractivity contribution in [3.8, 4) is 0 Å². The van der Waals surface area contributed by atoms with Crippen LogP contribution in [0, 0.1) is 0 Å². The minimum absolute atomic E-state index is 0.132. The summed E-state index contributed by atoms with van der Waals surface area (Å²) in [5.41, 5.74) is 6.57. The number of allylic oxidation sites excluding steroid dienone is 2. The third-order valence-electron chi connectivity index (χ3n) is 3.67. The van der Waals surface area contributed by atoms with Crippen molar-refractivity contribution in [2.45, 2.75) is 45.4 Å². The minimum atomic E-state index is -3.84. The summed E-state index contributed by atoms with van der Waals surface area (Å²) in [7, 11) is -3.84. The van der Waals surface area contributed by atoms with E-state index in [-0.39, 0.29) is 23.7 Å². The van der Waals surface area contributed by atoms with Gasteiger partial charge >= 0.3 is 16.2 Å². The van der Waals surface area contributed by atoms with Gasteiger partial charge in [-0.05, 0) is 25.3 Å². The Bertz CT molecular complexity index is 662. The Labute approximate surface area is 129 Å². The number of nitrogens with one attached hydrogen (secondary N) is 1. The number of fused-ring (bicyclic) bond motifs is 1. The average molecular weight is 328 g/mol. The maximum atomic E-state index is 12.5. The molecule has 122 valence electrons. The number of nitrogens with two attached hydrogens (primary N) is 1. The molecule has 0 fully saturated rings. The van der Waals surface area contributed by atoms with E-state index in [4.69, 9.17) is 10.8 Å². The molecule has 1 atom stereocenters. The molecule has 22 heavy (non-hydrogen) atoms. The van der Waals surface area contributed by atoms with Gasteiger partial charge in [0, 0.05) is 11.6 Å². The molecule has 0 aromatic heterocycles. The van der Waals surface area contributed by atoms with E-state index in [0.717, 1.165) is 4.31 Å². The molecular weight excluding hydrogens is 308 g/mol. The molecule has 0 aromatic rings. The zero-order valence-electron chi connectivity index (χ0n) is 12.5. The highest BCUT2D eigenvalue weighted by molar-refractivity contribution is 7.87. The average Bonchev–Trinajstić information content (AvgIpc) is 2.80. The van der Waals surface area contributed by atoms with Gasteiger partial charge in [0.1, 0.15) is 0 Å². The van der Waals surface area contributed by atoms with Crippen molar-refractivity contribution in [3.05, 3.63) is 23.4 Å². The van der Waals surface area contributed by atoms with Crippen molar-refractivity contribution >= 4 is 21.9 Å². The maximum Gasteiger partial charge on any atom is 0.331 e. The van der Waals surface area contributed by atoms with Gasteiger partial charge in [0.15, 0.2) is 6.29 Å². The normalized spacial score (nSPS) is 21.4. The van der Waals surface area contributed by atoms with E-state index in [1.54, 1.807) is 0 Å². The number of carboxylic acid groups (broad SMARTS) is 1. The number of carboxylic acids is 1. The molecule has 2 aliphatic rings. The van der Waals surface area contributed by atoms with Crippen LogP contribution >= 0.6 is 0 Å². The molecule has 0 saturated heterocycles. The zero-order valence-corrected chi connectivity index (χ0v) is 13.3. The Morgan fingerprint density at radius 1 is 1.55 bits per heavy atom. The largest absolute Gasteiger partial charge is 0.478 e. The monoisotopic (exact) mass is 328 g/mol. The lowest BCUT2D eigenvalue weighted by Crippen LogP contribution is -2.49. The number of rotatable bonds is 6. The minimum Gasteiger partial charge on any atom is -0.478 e. The number of nitrogens with zero attached hydrogens (tertiary/aromatic N) is 2. The first-order valence-electron chi connectivity index (χ1n) is 7.09. The third kappa shape index (κ3) is 3.06. The Morgan fingerprint density at radius 3 is 2.73 bits per heavy atom. The van der Waals surface area contributed by atoms with Gasteiger partial charge in [-0.25, -0.2) is 14.1 Å². The number of hydrogen-bond acceptors (Lipinski definition) is 5. The van der Waals surface area contributed by atoms with Gasteiger partial charge in [-0.15, -0.1) is 0 Å². The quantitative estimate of drug-likeness (QED) is 0.647. The van der Waals surface area contributed by atoms with Gasteiger partial charge < -0.3 is 5.11 Å². The summed E-state index contributed by atoms with van der Waals surface area (Å²) in [6, 6.07) is -0.185. The van der Waals surface area contributed by atoms with Gasteiger partial charge in [0.25, 0.3) is 0 Å². The number of aliphatic imine (C=N–C) groups is 1. The third-order valence-corrected chi connectivity index (χ3v) is 5.23. The molecule has 0 amide bonds. The van der Waals surface area contributed by atoms with E-state index in [9.17, 15) is 13.2 Å². The molecule has 0 radical (unpaired) electrons. The summed E-state index contributed by atoms with van der Waals surface area (Å²) in [6.07, 6.45) is 3.26. The predicted octanol–water partition coefficient (Wildman–Crippen LogP) is 0.307. The van der Waals surface area contributed by atoms with E-state index in [1.165, 1.54) is 12.2 Å². The second kappa shape index (κ2) is 6.19. The van der Waals surface area contributed by atoms with Crippen LogP contribution in [0.15, 0.2) is 28.4 Å².